The first-order valence-corrected chi connectivity index (χ1v) is 4.02. The molecule has 1 rings (SSSR count). The molecule has 0 fully saturated rings. The molecule has 0 aliphatic rings. The molecule has 0 radical (unpaired) electrons. The molecular weight excluding hydrogens is 218 g/mol. The Labute approximate surface area is 88.9 Å². The van der Waals surface area contributed by atoms with E-state index in [0.717, 1.165) is 18.2 Å². The van der Waals surface area contributed by atoms with Gasteiger partial charge in [-0.25, -0.2) is 15.1 Å². The number of hydrogen-bond acceptors (Lipinski definition) is 4. The van der Waals surface area contributed by atoms with Crippen molar-refractivity contribution in [1.82, 2.24) is 5.48 Å². The number of carbonyl (C=O) groups excluding carboxylic acids is 1. The predicted molar refractivity (Wildman–Crippen MR) is 49.6 cm³/mol. The van der Waals surface area contributed by atoms with Crippen LogP contribution in [-0.4, -0.2) is 33.3 Å². The van der Waals surface area contributed by atoms with E-state index in [4.69, 9.17) is 15.4 Å². The largest absolute Gasteiger partial charge is 0.478 e. The van der Waals surface area contributed by atoms with Gasteiger partial charge >= 0.3 is 11.9 Å². The van der Waals surface area contributed by atoms with Gasteiger partial charge in [0.25, 0.3) is 5.91 Å². The number of aromatic carboxylic acids is 2. The maximum atomic E-state index is 11.0. The molecule has 1 aromatic carbocycles. The summed E-state index contributed by atoms with van der Waals surface area (Å²) in [6, 6.07) is 2.83. The van der Waals surface area contributed by atoms with E-state index in [1.54, 1.807) is 0 Å². The monoisotopic (exact) mass is 225 g/mol. The molecular formula is C9H7NO6. The summed E-state index contributed by atoms with van der Waals surface area (Å²) in [5.74, 6) is -3.71. The molecule has 0 aliphatic heterocycles. The number of nitrogens with one attached hydrogen (secondary N) is 1. The summed E-state index contributed by atoms with van der Waals surface area (Å²) in [5.41, 5.74) is 0.341. The molecule has 0 saturated carbocycles. The standard InChI is InChI=1S/C9H7NO6/c11-7(10-16)4-1-5(8(12)13)3-6(2-4)9(14)15/h1-3,16H,(H,10,11)(H,12,13)(H,14,15). The second kappa shape index (κ2) is 4.41. The summed E-state index contributed by atoms with van der Waals surface area (Å²) < 4.78 is 0. The summed E-state index contributed by atoms with van der Waals surface area (Å²) in [7, 11) is 0. The normalized spacial score (nSPS) is 9.56. The average Bonchev–Trinajstić information content (AvgIpc) is 2.27. The van der Waals surface area contributed by atoms with E-state index in [1.165, 1.54) is 5.48 Å². The Morgan fingerprint density at radius 2 is 1.25 bits per heavy atom. The number of carboxylic acids is 2. The fraction of sp³-hybridized carbons (Fsp3) is 0. The van der Waals surface area contributed by atoms with Crippen LogP contribution in [0.4, 0.5) is 0 Å². The van der Waals surface area contributed by atoms with Crippen molar-refractivity contribution in [1.29, 1.82) is 0 Å². The maximum Gasteiger partial charge on any atom is 0.335 e. The van der Waals surface area contributed by atoms with Gasteiger partial charge in [0.15, 0.2) is 0 Å². The van der Waals surface area contributed by atoms with Crippen LogP contribution in [0.2, 0.25) is 0 Å². The van der Waals surface area contributed by atoms with Crippen molar-refractivity contribution >= 4 is 17.8 Å². The number of amides is 1. The Kier molecular flexibility index (Phi) is 3.21. The van der Waals surface area contributed by atoms with Gasteiger partial charge in [-0.2, -0.15) is 0 Å². The summed E-state index contributed by atoms with van der Waals surface area (Å²) >= 11 is 0. The molecule has 16 heavy (non-hydrogen) atoms. The molecule has 0 heterocycles. The van der Waals surface area contributed by atoms with Gasteiger partial charge in [-0.1, -0.05) is 0 Å². The predicted octanol–water partition coefficient (Wildman–Crippen LogP) is 0.202. The average molecular weight is 225 g/mol. The summed E-state index contributed by atoms with van der Waals surface area (Å²) in [6.45, 7) is 0. The van der Waals surface area contributed by atoms with E-state index in [2.05, 4.69) is 0 Å². The van der Waals surface area contributed by atoms with Gasteiger partial charge in [-0.3, -0.25) is 10.0 Å². The van der Waals surface area contributed by atoms with Gasteiger partial charge in [0.1, 0.15) is 0 Å². The highest BCUT2D eigenvalue weighted by Gasteiger charge is 2.14. The fourth-order valence-corrected chi connectivity index (χ4v) is 1.07. The minimum atomic E-state index is -1.37. The van der Waals surface area contributed by atoms with Crippen LogP contribution in [0.15, 0.2) is 18.2 Å². The first-order valence-electron chi connectivity index (χ1n) is 4.02. The van der Waals surface area contributed by atoms with Crippen LogP contribution in [0.3, 0.4) is 0 Å². The Morgan fingerprint density at radius 1 is 0.875 bits per heavy atom. The number of carbonyl (C=O) groups is 3. The van der Waals surface area contributed by atoms with Crippen molar-refractivity contribution in [2.24, 2.45) is 0 Å². The van der Waals surface area contributed by atoms with Crippen molar-refractivity contribution in [2.45, 2.75) is 0 Å². The lowest BCUT2D eigenvalue weighted by atomic mass is 10.1. The zero-order valence-electron chi connectivity index (χ0n) is 7.80. The molecule has 4 N–H and O–H groups in total. The summed E-state index contributed by atoms with van der Waals surface area (Å²) in [4.78, 5) is 32.3. The molecule has 0 aromatic heterocycles. The molecule has 0 spiro atoms. The van der Waals surface area contributed by atoms with Crippen molar-refractivity contribution in [3.63, 3.8) is 0 Å². The van der Waals surface area contributed by atoms with Gasteiger partial charge < -0.3 is 10.2 Å². The molecule has 1 amide bonds. The van der Waals surface area contributed by atoms with E-state index in [-0.39, 0.29) is 16.7 Å². The lowest BCUT2D eigenvalue weighted by molar-refractivity contribution is 0.0696. The van der Waals surface area contributed by atoms with Crippen LogP contribution in [-0.2, 0) is 0 Å². The quantitative estimate of drug-likeness (QED) is 0.430. The molecule has 7 heteroatoms. The van der Waals surface area contributed by atoms with E-state index >= 15 is 0 Å². The second-order valence-corrected chi connectivity index (χ2v) is 2.85. The van der Waals surface area contributed by atoms with Crippen LogP contribution >= 0.6 is 0 Å². The zero-order chi connectivity index (χ0) is 12.3. The molecule has 0 unspecified atom stereocenters. The van der Waals surface area contributed by atoms with Gasteiger partial charge in [0.2, 0.25) is 0 Å². The third kappa shape index (κ3) is 2.34. The first kappa shape index (κ1) is 11.7. The van der Waals surface area contributed by atoms with Crippen molar-refractivity contribution < 1.29 is 29.8 Å². The first-order chi connectivity index (χ1) is 7.45. The number of hydrogen-bond donors (Lipinski definition) is 4. The van der Waals surface area contributed by atoms with Gasteiger partial charge in [0, 0.05) is 5.56 Å². The van der Waals surface area contributed by atoms with Gasteiger partial charge in [0.05, 0.1) is 11.1 Å². The lowest BCUT2D eigenvalue weighted by Crippen LogP contribution is -2.19. The summed E-state index contributed by atoms with van der Waals surface area (Å²) in [5, 5.41) is 25.7. The Bertz CT molecular complexity index is 435. The molecule has 7 nitrogen and oxygen atoms in total. The van der Waals surface area contributed by atoms with Crippen LogP contribution < -0.4 is 5.48 Å². The highest BCUT2D eigenvalue weighted by Crippen LogP contribution is 2.11. The number of hydroxylamine groups is 1. The van der Waals surface area contributed by atoms with E-state index in [0.29, 0.717) is 0 Å². The SMILES string of the molecule is O=C(O)c1cc(C(=O)O)cc(C(=O)NO)c1. The van der Waals surface area contributed by atoms with E-state index in [1.807, 2.05) is 0 Å². The summed E-state index contributed by atoms with van der Waals surface area (Å²) in [6.07, 6.45) is 0. The Balaban J connectivity index is 3.35. The molecule has 1 aromatic rings. The van der Waals surface area contributed by atoms with Gasteiger partial charge in [-0.05, 0) is 18.2 Å². The molecule has 0 aliphatic carbocycles. The van der Waals surface area contributed by atoms with E-state index in [9.17, 15) is 14.4 Å². The number of carboxylic acid groups (broad SMARTS) is 2. The Hall–Kier alpha value is -2.41. The van der Waals surface area contributed by atoms with Crippen molar-refractivity contribution in [2.75, 3.05) is 0 Å². The minimum absolute atomic E-state index is 0.250. The fourth-order valence-electron chi connectivity index (χ4n) is 1.07. The lowest BCUT2D eigenvalue weighted by Gasteiger charge is -2.03. The highest BCUT2D eigenvalue weighted by atomic mass is 16.5. The van der Waals surface area contributed by atoms with Crippen LogP contribution in [0, 0.1) is 0 Å². The minimum Gasteiger partial charge on any atom is -0.478 e. The highest BCUT2D eigenvalue weighted by molar-refractivity contribution is 6.00. The van der Waals surface area contributed by atoms with Crippen LogP contribution in [0.25, 0.3) is 0 Å². The molecule has 0 saturated heterocycles. The maximum absolute atomic E-state index is 11.0. The second-order valence-electron chi connectivity index (χ2n) is 2.85. The van der Waals surface area contributed by atoms with E-state index < -0.39 is 17.8 Å². The third-order valence-corrected chi connectivity index (χ3v) is 1.79. The zero-order valence-corrected chi connectivity index (χ0v) is 7.80. The Morgan fingerprint density at radius 3 is 1.56 bits per heavy atom. The molecule has 0 atom stereocenters. The van der Waals surface area contributed by atoms with Crippen LogP contribution in [0.1, 0.15) is 31.1 Å². The smallest absolute Gasteiger partial charge is 0.335 e. The van der Waals surface area contributed by atoms with Crippen molar-refractivity contribution in [3.05, 3.63) is 34.9 Å². The van der Waals surface area contributed by atoms with Gasteiger partial charge in [-0.15, -0.1) is 0 Å². The van der Waals surface area contributed by atoms with Crippen LogP contribution in [0.5, 0.6) is 0 Å². The number of rotatable bonds is 3. The molecule has 0 bridgehead atoms. The third-order valence-electron chi connectivity index (χ3n) is 1.79. The number of benzene rings is 1. The van der Waals surface area contributed by atoms with Crippen molar-refractivity contribution in [3.8, 4) is 0 Å². The molecule has 84 valence electrons. The topological polar surface area (TPSA) is 124 Å².